The molecular weight excluding hydrogens is 399 g/mol. The van der Waals surface area contributed by atoms with Crippen molar-refractivity contribution in [1.82, 2.24) is 14.7 Å². The van der Waals surface area contributed by atoms with Crippen LogP contribution in [0.1, 0.15) is 27.3 Å². The van der Waals surface area contributed by atoms with Gasteiger partial charge in [-0.3, -0.25) is 14.9 Å². The number of halogens is 2. The molecular formula is C20H18ClFN4O3. The van der Waals surface area contributed by atoms with Gasteiger partial charge in [-0.1, -0.05) is 11.6 Å². The summed E-state index contributed by atoms with van der Waals surface area (Å²) in [7, 11) is 1.59. The van der Waals surface area contributed by atoms with Crippen molar-refractivity contribution in [1.29, 1.82) is 0 Å². The van der Waals surface area contributed by atoms with Gasteiger partial charge >= 0.3 is 0 Å². The number of amides is 1. The second kappa shape index (κ2) is 8.00. The zero-order valence-corrected chi connectivity index (χ0v) is 16.8. The average Bonchev–Trinajstić information content (AvgIpc) is 2.97. The maximum Gasteiger partial charge on any atom is 0.269 e. The standard InChI is InChI=1S/C20H18ClFN4O3/c1-12-19(13(2)25(23-12)16-6-4-15(22)5-7-16)20(27)24(3)11-14-10-17(26(28)29)8-9-18(14)21/h4-10H,11H2,1-3H3. The van der Waals surface area contributed by atoms with Crippen molar-refractivity contribution in [3.8, 4) is 5.69 Å². The average molecular weight is 417 g/mol. The fraction of sp³-hybridized carbons (Fsp3) is 0.200. The van der Waals surface area contributed by atoms with Gasteiger partial charge in [-0.25, -0.2) is 9.07 Å². The van der Waals surface area contributed by atoms with Gasteiger partial charge in [0.05, 0.1) is 27.6 Å². The van der Waals surface area contributed by atoms with Crippen LogP contribution in [0.2, 0.25) is 5.02 Å². The molecule has 29 heavy (non-hydrogen) atoms. The molecule has 2 aromatic carbocycles. The quantitative estimate of drug-likeness (QED) is 0.454. The van der Waals surface area contributed by atoms with E-state index in [-0.39, 0.29) is 24.0 Å². The van der Waals surface area contributed by atoms with Crippen molar-refractivity contribution in [2.24, 2.45) is 0 Å². The minimum Gasteiger partial charge on any atom is -0.337 e. The molecule has 150 valence electrons. The van der Waals surface area contributed by atoms with Gasteiger partial charge in [-0.05, 0) is 49.7 Å². The van der Waals surface area contributed by atoms with E-state index in [2.05, 4.69) is 5.10 Å². The first kappa shape index (κ1) is 20.5. The van der Waals surface area contributed by atoms with Crippen molar-refractivity contribution >= 4 is 23.2 Å². The van der Waals surface area contributed by atoms with Crippen molar-refractivity contribution in [2.75, 3.05) is 7.05 Å². The Kier molecular flexibility index (Phi) is 5.65. The molecule has 1 heterocycles. The van der Waals surface area contributed by atoms with Crippen LogP contribution in [0.25, 0.3) is 5.69 Å². The van der Waals surface area contributed by atoms with Gasteiger partial charge in [0.15, 0.2) is 0 Å². The van der Waals surface area contributed by atoms with E-state index in [1.165, 1.54) is 35.2 Å². The topological polar surface area (TPSA) is 81.3 Å². The van der Waals surface area contributed by atoms with Gasteiger partial charge in [-0.15, -0.1) is 0 Å². The van der Waals surface area contributed by atoms with Crippen LogP contribution in [-0.4, -0.2) is 32.6 Å². The van der Waals surface area contributed by atoms with E-state index in [1.807, 2.05) is 0 Å². The number of rotatable bonds is 5. The second-order valence-electron chi connectivity index (χ2n) is 6.63. The van der Waals surface area contributed by atoms with Crippen molar-refractivity contribution in [3.05, 3.63) is 85.9 Å². The van der Waals surface area contributed by atoms with Crippen LogP contribution in [0.15, 0.2) is 42.5 Å². The highest BCUT2D eigenvalue weighted by Gasteiger charge is 2.23. The van der Waals surface area contributed by atoms with E-state index in [4.69, 9.17) is 11.6 Å². The summed E-state index contributed by atoms with van der Waals surface area (Å²) in [4.78, 5) is 25.0. The van der Waals surface area contributed by atoms with Crippen molar-refractivity contribution < 1.29 is 14.1 Å². The Balaban J connectivity index is 1.90. The summed E-state index contributed by atoms with van der Waals surface area (Å²) in [5.74, 6) is -0.656. The molecule has 7 nitrogen and oxygen atoms in total. The first-order chi connectivity index (χ1) is 13.7. The number of aryl methyl sites for hydroxylation is 1. The van der Waals surface area contributed by atoms with Crippen LogP contribution in [0.5, 0.6) is 0 Å². The third-order valence-corrected chi connectivity index (χ3v) is 4.94. The van der Waals surface area contributed by atoms with Crippen LogP contribution >= 0.6 is 11.6 Å². The molecule has 0 aliphatic rings. The summed E-state index contributed by atoms with van der Waals surface area (Å²) in [5.41, 5.74) is 2.55. The number of carbonyl (C=O) groups is 1. The molecule has 3 rings (SSSR count). The third-order valence-electron chi connectivity index (χ3n) is 4.57. The number of hydrogen-bond acceptors (Lipinski definition) is 4. The van der Waals surface area contributed by atoms with Crippen molar-refractivity contribution in [2.45, 2.75) is 20.4 Å². The molecule has 0 N–H and O–H groups in total. The lowest BCUT2D eigenvalue weighted by atomic mass is 10.1. The van der Waals surface area contributed by atoms with E-state index in [0.29, 0.717) is 33.2 Å². The lowest BCUT2D eigenvalue weighted by molar-refractivity contribution is -0.384. The number of nitro groups is 1. The molecule has 3 aromatic rings. The Labute approximate surface area is 171 Å². The van der Waals surface area contributed by atoms with Crippen LogP contribution in [0.4, 0.5) is 10.1 Å². The molecule has 0 fully saturated rings. The summed E-state index contributed by atoms with van der Waals surface area (Å²) in [5, 5.41) is 15.7. The molecule has 0 bridgehead atoms. The first-order valence-electron chi connectivity index (χ1n) is 8.69. The Morgan fingerprint density at radius 1 is 1.24 bits per heavy atom. The highest BCUT2D eigenvalue weighted by molar-refractivity contribution is 6.31. The summed E-state index contributed by atoms with van der Waals surface area (Å²) >= 11 is 6.15. The van der Waals surface area contributed by atoms with Gasteiger partial charge in [0.1, 0.15) is 5.82 Å². The highest BCUT2D eigenvalue weighted by atomic mass is 35.5. The number of nitro benzene ring substituents is 1. The number of benzene rings is 2. The molecule has 0 radical (unpaired) electrons. The normalized spacial score (nSPS) is 10.8. The summed E-state index contributed by atoms with van der Waals surface area (Å²) in [6.45, 7) is 3.57. The van der Waals surface area contributed by atoms with Gasteiger partial charge in [-0.2, -0.15) is 5.10 Å². The summed E-state index contributed by atoms with van der Waals surface area (Å²) in [6, 6.07) is 9.91. The largest absolute Gasteiger partial charge is 0.337 e. The molecule has 9 heteroatoms. The van der Waals surface area contributed by atoms with Crippen LogP contribution < -0.4 is 0 Å². The van der Waals surface area contributed by atoms with E-state index in [1.54, 1.807) is 37.7 Å². The van der Waals surface area contributed by atoms with Gasteiger partial charge in [0, 0.05) is 30.7 Å². The van der Waals surface area contributed by atoms with Gasteiger partial charge in [0.2, 0.25) is 0 Å². The van der Waals surface area contributed by atoms with E-state index in [0.717, 1.165) is 0 Å². The molecule has 0 atom stereocenters. The van der Waals surface area contributed by atoms with E-state index < -0.39 is 4.92 Å². The fourth-order valence-electron chi connectivity index (χ4n) is 3.10. The fourth-order valence-corrected chi connectivity index (χ4v) is 3.28. The molecule has 0 aliphatic carbocycles. The molecule has 1 amide bonds. The Bertz CT molecular complexity index is 1100. The van der Waals surface area contributed by atoms with Gasteiger partial charge < -0.3 is 4.90 Å². The lowest BCUT2D eigenvalue weighted by Crippen LogP contribution is -2.27. The smallest absolute Gasteiger partial charge is 0.269 e. The second-order valence-corrected chi connectivity index (χ2v) is 7.04. The number of nitrogens with zero attached hydrogens (tertiary/aromatic N) is 4. The molecule has 1 aromatic heterocycles. The molecule has 0 unspecified atom stereocenters. The van der Waals surface area contributed by atoms with Crippen LogP contribution in [-0.2, 0) is 6.54 Å². The maximum atomic E-state index is 13.2. The first-order valence-corrected chi connectivity index (χ1v) is 9.07. The van der Waals surface area contributed by atoms with Gasteiger partial charge in [0.25, 0.3) is 11.6 Å². The number of carbonyl (C=O) groups excluding carboxylic acids is 1. The third kappa shape index (κ3) is 4.12. The predicted octanol–water partition coefficient (Wildman–Crippen LogP) is 4.46. The Morgan fingerprint density at radius 3 is 2.52 bits per heavy atom. The zero-order valence-electron chi connectivity index (χ0n) is 16.0. The minimum absolute atomic E-state index is 0.0956. The number of hydrogen-bond donors (Lipinski definition) is 0. The predicted molar refractivity (Wildman–Crippen MR) is 107 cm³/mol. The monoisotopic (exact) mass is 416 g/mol. The number of non-ortho nitro benzene ring substituents is 1. The van der Waals surface area contributed by atoms with Crippen molar-refractivity contribution in [3.63, 3.8) is 0 Å². The minimum atomic E-state index is -0.511. The zero-order chi connectivity index (χ0) is 21.3. The van der Waals surface area contributed by atoms with Crippen LogP contribution in [0, 0.1) is 29.8 Å². The van der Waals surface area contributed by atoms with E-state index >= 15 is 0 Å². The maximum absolute atomic E-state index is 13.2. The molecule has 0 spiro atoms. The molecule has 0 saturated carbocycles. The highest BCUT2D eigenvalue weighted by Crippen LogP contribution is 2.25. The molecule has 0 saturated heterocycles. The lowest BCUT2D eigenvalue weighted by Gasteiger charge is -2.18. The number of aromatic nitrogens is 2. The summed E-state index contributed by atoms with van der Waals surface area (Å²) in [6.07, 6.45) is 0. The van der Waals surface area contributed by atoms with Crippen LogP contribution in [0.3, 0.4) is 0 Å². The Hall–Kier alpha value is -3.26. The molecule has 0 aliphatic heterocycles. The Morgan fingerprint density at radius 2 is 1.90 bits per heavy atom. The van der Waals surface area contributed by atoms with E-state index in [9.17, 15) is 19.3 Å². The SMILES string of the molecule is Cc1nn(-c2ccc(F)cc2)c(C)c1C(=O)N(C)Cc1cc([N+](=O)[O-])ccc1Cl. The summed E-state index contributed by atoms with van der Waals surface area (Å²) < 4.78 is 14.8.